The SMILES string of the molecule is COC(=O)N1C[C@H](O)C[C@H]1C(=O)NCC[C@]1(O)C2=CCC1CC(S(=O)(=O)c1cc(C(=O)Nc3cc(F)c(F)c(F)c3)ccc1Cl)C2. The summed E-state index contributed by atoms with van der Waals surface area (Å²) < 4.78 is 72.8. The second-order valence-electron chi connectivity index (χ2n) is 11.6. The highest BCUT2D eigenvalue weighted by Crippen LogP contribution is 2.50. The molecule has 11 nitrogen and oxygen atoms in total. The molecule has 2 unspecified atom stereocenters. The number of allylic oxidation sites excluding steroid dienone is 1. The molecule has 0 aromatic heterocycles. The maximum Gasteiger partial charge on any atom is 0.410 e. The van der Waals surface area contributed by atoms with Gasteiger partial charge in [0.25, 0.3) is 5.91 Å². The monoisotopic (exact) mass is 685 g/mol. The van der Waals surface area contributed by atoms with Crippen molar-refractivity contribution in [1.29, 1.82) is 0 Å². The molecule has 1 saturated heterocycles. The number of carbonyl (C=O) groups excluding carboxylic acids is 3. The maximum atomic E-state index is 13.8. The summed E-state index contributed by atoms with van der Waals surface area (Å²) in [4.78, 5) is 38.4. The molecule has 3 amide bonds. The van der Waals surface area contributed by atoms with Crippen LogP contribution in [0.25, 0.3) is 0 Å². The van der Waals surface area contributed by atoms with Crippen LogP contribution in [0.1, 0.15) is 42.5 Å². The predicted octanol–water partition coefficient (Wildman–Crippen LogP) is 3.33. The molecule has 0 spiro atoms. The van der Waals surface area contributed by atoms with E-state index in [1.165, 1.54) is 19.2 Å². The zero-order valence-electron chi connectivity index (χ0n) is 24.4. The number of carbonyl (C=O) groups is 3. The molecule has 16 heteroatoms. The molecule has 3 aliphatic rings. The molecule has 1 saturated carbocycles. The van der Waals surface area contributed by atoms with E-state index in [0.29, 0.717) is 24.1 Å². The van der Waals surface area contributed by atoms with Crippen molar-refractivity contribution in [2.24, 2.45) is 5.92 Å². The van der Waals surface area contributed by atoms with Gasteiger partial charge in [0.05, 0.1) is 40.5 Å². The van der Waals surface area contributed by atoms with E-state index in [1.807, 2.05) is 0 Å². The minimum Gasteiger partial charge on any atom is -0.453 e. The first-order valence-electron chi connectivity index (χ1n) is 14.4. The molecule has 2 aliphatic carbocycles. The number of methoxy groups -OCH3 is 1. The minimum absolute atomic E-state index is 0.0209. The molecule has 2 aromatic carbocycles. The standard InChI is InChI=1S/C30H31ClF3N3O8S/c1-45-29(41)37-14-19(38)13-24(37)28(40)35-7-6-30(42)16-3-4-17(30)10-20(9-16)46(43,44)25-8-15(2-5-21(25)31)27(39)36-18-11-22(32)26(34)23(33)12-18/h2-3,5,8,11-12,17,19-20,24,38,42H,4,6-7,9-10,13-14H2,1H3,(H,35,40)(H,36,39)/t17?,19-,20?,24+,30+/m1/s1. The van der Waals surface area contributed by atoms with Gasteiger partial charge in [-0.05, 0) is 55.4 Å². The van der Waals surface area contributed by atoms with Crippen molar-refractivity contribution in [2.45, 2.75) is 60.0 Å². The van der Waals surface area contributed by atoms with E-state index in [0.717, 1.165) is 11.0 Å². The summed E-state index contributed by atoms with van der Waals surface area (Å²) in [6.45, 7) is -0.0294. The Morgan fingerprint density at radius 2 is 1.83 bits per heavy atom. The summed E-state index contributed by atoms with van der Waals surface area (Å²) in [5, 5.41) is 25.3. The second kappa shape index (κ2) is 12.9. The van der Waals surface area contributed by atoms with E-state index >= 15 is 0 Å². The topological polar surface area (TPSA) is 162 Å². The second-order valence-corrected chi connectivity index (χ2v) is 14.2. The van der Waals surface area contributed by atoms with Gasteiger partial charge in [0, 0.05) is 36.3 Å². The highest BCUT2D eigenvalue weighted by molar-refractivity contribution is 7.92. The number of likely N-dealkylation sites (tertiary alicyclic amines) is 1. The van der Waals surface area contributed by atoms with Crippen LogP contribution in [0.4, 0.5) is 23.7 Å². The summed E-state index contributed by atoms with van der Waals surface area (Å²) in [6.07, 6.45) is 0.684. The van der Waals surface area contributed by atoms with Crippen molar-refractivity contribution < 1.29 is 50.9 Å². The summed E-state index contributed by atoms with van der Waals surface area (Å²) >= 11 is 6.26. The van der Waals surface area contributed by atoms with Crippen LogP contribution in [0.3, 0.4) is 0 Å². The Hall–Kier alpha value is -3.66. The minimum atomic E-state index is -4.16. The fraction of sp³-hybridized carbons (Fsp3) is 0.433. The summed E-state index contributed by atoms with van der Waals surface area (Å²) in [7, 11) is -2.99. The molecule has 0 radical (unpaired) electrons. The number of hydrogen-bond acceptors (Lipinski definition) is 8. The molecule has 2 fully saturated rings. The third kappa shape index (κ3) is 6.33. The summed E-state index contributed by atoms with van der Waals surface area (Å²) in [5.74, 6) is -6.67. The lowest BCUT2D eigenvalue weighted by Gasteiger charge is -2.41. The number of sulfone groups is 1. The van der Waals surface area contributed by atoms with E-state index in [9.17, 15) is 46.2 Å². The average molecular weight is 686 g/mol. The van der Waals surface area contributed by atoms with Gasteiger partial charge in [-0.2, -0.15) is 0 Å². The highest BCUT2D eigenvalue weighted by Gasteiger charge is 2.51. The zero-order valence-corrected chi connectivity index (χ0v) is 26.0. The van der Waals surface area contributed by atoms with Gasteiger partial charge in [-0.15, -0.1) is 0 Å². The van der Waals surface area contributed by atoms with E-state index in [1.54, 1.807) is 6.08 Å². The molecule has 46 heavy (non-hydrogen) atoms. The van der Waals surface area contributed by atoms with E-state index in [4.69, 9.17) is 11.6 Å². The smallest absolute Gasteiger partial charge is 0.410 e. The molecule has 248 valence electrons. The van der Waals surface area contributed by atoms with Crippen LogP contribution in [-0.4, -0.2) is 84.6 Å². The Labute approximate surface area is 267 Å². The number of anilines is 1. The van der Waals surface area contributed by atoms with Gasteiger partial charge in [-0.1, -0.05) is 17.7 Å². The Morgan fingerprint density at radius 3 is 2.48 bits per heavy atom. The third-order valence-corrected chi connectivity index (χ3v) is 11.5. The number of β-amino-alcohol motifs (C(OH)–C–C–N with tert-alkyl or cyclic N) is 1. The average Bonchev–Trinajstić information content (AvgIpc) is 3.43. The van der Waals surface area contributed by atoms with Crippen molar-refractivity contribution in [1.82, 2.24) is 10.2 Å². The normalized spacial score (nSPS) is 25.6. The van der Waals surface area contributed by atoms with Crippen molar-refractivity contribution >= 4 is 45.0 Å². The summed E-state index contributed by atoms with van der Waals surface area (Å²) in [6, 6.07) is 3.71. The molecule has 2 aromatic rings. The van der Waals surface area contributed by atoms with Gasteiger partial charge in [0.15, 0.2) is 27.3 Å². The van der Waals surface area contributed by atoms with E-state index in [-0.39, 0.29) is 59.9 Å². The Balaban J connectivity index is 1.25. The van der Waals surface area contributed by atoms with Crippen LogP contribution in [0.15, 0.2) is 46.9 Å². The number of ether oxygens (including phenoxy) is 1. The van der Waals surface area contributed by atoms with Crippen LogP contribution in [0.2, 0.25) is 5.02 Å². The number of aliphatic hydroxyl groups is 2. The fourth-order valence-electron chi connectivity index (χ4n) is 6.47. The first kappa shape index (κ1) is 33.7. The first-order chi connectivity index (χ1) is 21.6. The third-order valence-electron chi connectivity index (χ3n) is 8.85. The number of aliphatic hydroxyl groups excluding tert-OH is 1. The lowest BCUT2D eigenvalue weighted by atomic mass is 9.74. The molecule has 1 aliphatic heterocycles. The number of amides is 3. The van der Waals surface area contributed by atoms with Crippen molar-refractivity contribution in [3.8, 4) is 0 Å². The van der Waals surface area contributed by atoms with E-state index in [2.05, 4.69) is 15.4 Å². The number of halogens is 4. The van der Waals surface area contributed by atoms with Crippen LogP contribution < -0.4 is 10.6 Å². The number of benzene rings is 2. The number of nitrogens with zero attached hydrogens (tertiary/aromatic N) is 1. The van der Waals surface area contributed by atoms with Gasteiger partial charge >= 0.3 is 6.09 Å². The van der Waals surface area contributed by atoms with Crippen molar-refractivity contribution in [3.05, 3.63) is 70.0 Å². The molecule has 1 heterocycles. The molecule has 4 N–H and O–H groups in total. The molecular formula is C30H31ClF3N3O8S. The van der Waals surface area contributed by atoms with Crippen molar-refractivity contribution in [3.63, 3.8) is 0 Å². The van der Waals surface area contributed by atoms with Crippen LogP contribution in [0, 0.1) is 23.4 Å². The molecule has 5 atom stereocenters. The van der Waals surface area contributed by atoms with Crippen LogP contribution in [-0.2, 0) is 19.4 Å². The lowest BCUT2D eigenvalue weighted by molar-refractivity contribution is -0.125. The van der Waals surface area contributed by atoms with Crippen molar-refractivity contribution in [2.75, 3.05) is 25.5 Å². The van der Waals surface area contributed by atoms with Crippen LogP contribution in [0.5, 0.6) is 0 Å². The molecule has 5 rings (SSSR count). The molecule has 2 bridgehead atoms. The van der Waals surface area contributed by atoms with Crippen LogP contribution >= 0.6 is 11.6 Å². The lowest BCUT2D eigenvalue weighted by Crippen LogP contribution is -2.49. The van der Waals surface area contributed by atoms with Gasteiger partial charge in [-0.3, -0.25) is 14.5 Å². The Bertz CT molecular complexity index is 1700. The Morgan fingerprint density at radius 1 is 1.13 bits per heavy atom. The number of hydrogen-bond donors (Lipinski definition) is 4. The predicted molar refractivity (Wildman–Crippen MR) is 158 cm³/mol. The number of fused-ring (bicyclic) bond motifs is 2. The van der Waals surface area contributed by atoms with Gasteiger partial charge in [-0.25, -0.2) is 26.4 Å². The quantitative estimate of drug-likeness (QED) is 0.243. The van der Waals surface area contributed by atoms with Gasteiger partial charge in [0.1, 0.15) is 6.04 Å². The van der Waals surface area contributed by atoms with E-state index < -0.39 is 74.1 Å². The summed E-state index contributed by atoms with van der Waals surface area (Å²) in [5.41, 5.74) is -1.46. The number of nitrogens with one attached hydrogen (secondary N) is 2. The first-order valence-corrected chi connectivity index (χ1v) is 16.3. The van der Waals surface area contributed by atoms with Gasteiger partial charge < -0.3 is 25.6 Å². The Kier molecular flexibility index (Phi) is 9.42. The molecular weight excluding hydrogens is 655 g/mol. The highest BCUT2D eigenvalue weighted by atomic mass is 35.5. The van der Waals surface area contributed by atoms with Gasteiger partial charge in [0.2, 0.25) is 5.91 Å². The fourth-order valence-corrected chi connectivity index (χ4v) is 8.78. The largest absolute Gasteiger partial charge is 0.453 e. The maximum absolute atomic E-state index is 13.8. The zero-order chi connectivity index (χ0) is 33.6. The number of rotatable bonds is 8.